The molecule has 0 unspecified atom stereocenters. The Balaban J connectivity index is 1.32. The first-order chi connectivity index (χ1) is 15.1. The zero-order chi connectivity index (χ0) is 21.6. The third-order valence-corrected chi connectivity index (χ3v) is 6.19. The number of furan rings is 1. The van der Waals surface area contributed by atoms with E-state index < -0.39 is 0 Å². The number of nitrogens with one attached hydrogen (secondary N) is 2. The second-order valence-corrected chi connectivity index (χ2v) is 8.63. The molecule has 2 amide bonds. The van der Waals surface area contributed by atoms with Gasteiger partial charge in [0.1, 0.15) is 0 Å². The minimum Gasteiger partial charge on any atom is -0.459 e. The summed E-state index contributed by atoms with van der Waals surface area (Å²) in [6, 6.07) is 17.9. The van der Waals surface area contributed by atoms with Crippen LogP contribution in [0.5, 0.6) is 0 Å². The number of carbonyl (C=O) groups is 2. The molecule has 4 aromatic rings. The highest BCUT2D eigenvalue weighted by Crippen LogP contribution is 2.30. The molecular formula is C22H16ClN3O3S2. The fourth-order valence-corrected chi connectivity index (χ4v) is 4.41. The van der Waals surface area contributed by atoms with Crippen molar-refractivity contribution in [2.24, 2.45) is 0 Å². The topological polar surface area (TPSA) is 84.2 Å². The highest BCUT2D eigenvalue weighted by atomic mass is 35.5. The van der Waals surface area contributed by atoms with Crippen LogP contribution in [0.25, 0.3) is 11.3 Å². The van der Waals surface area contributed by atoms with Gasteiger partial charge in [0, 0.05) is 26.5 Å². The van der Waals surface area contributed by atoms with E-state index in [0.717, 1.165) is 16.2 Å². The van der Waals surface area contributed by atoms with Gasteiger partial charge in [-0.3, -0.25) is 9.59 Å². The van der Waals surface area contributed by atoms with Crippen molar-refractivity contribution in [2.45, 2.75) is 4.90 Å². The second kappa shape index (κ2) is 9.82. The molecule has 0 saturated carbocycles. The van der Waals surface area contributed by atoms with E-state index in [4.69, 9.17) is 16.0 Å². The van der Waals surface area contributed by atoms with Gasteiger partial charge in [-0.05, 0) is 36.4 Å². The Morgan fingerprint density at radius 3 is 2.74 bits per heavy atom. The number of hydrogen-bond acceptors (Lipinski definition) is 6. The number of carbonyl (C=O) groups excluding carboxylic acids is 2. The largest absolute Gasteiger partial charge is 0.459 e. The maximum Gasteiger partial charge on any atom is 0.291 e. The summed E-state index contributed by atoms with van der Waals surface area (Å²) in [5.74, 6) is -0.0635. The number of benzene rings is 2. The van der Waals surface area contributed by atoms with Gasteiger partial charge in [-0.15, -0.1) is 23.1 Å². The summed E-state index contributed by atoms with van der Waals surface area (Å²) in [4.78, 5) is 29.7. The first-order valence-electron chi connectivity index (χ1n) is 9.16. The standard InChI is InChI=1S/C22H16ClN3O3S2/c23-17-8-2-1-7-16(17)18-12-31-22(25-18)26-20(27)13-30-15-6-3-5-14(11-15)24-21(28)19-9-4-10-29-19/h1-12H,13H2,(H,24,28)(H,25,26,27). The van der Waals surface area contributed by atoms with E-state index in [1.54, 1.807) is 30.3 Å². The zero-order valence-electron chi connectivity index (χ0n) is 16.0. The summed E-state index contributed by atoms with van der Waals surface area (Å²) in [7, 11) is 0. The van der Waals surface area contributed by atoms with Crippen molar-refractivity contribution in [1.29, 1.82) is 0 Å². The lowest BCUT2D eigenvalue weighted by atomic mass is 10.2. The monoisotopic (exact) mass is 469 g/mol. The van der Waals surface area contributed by atoms with Gasteiger partial charge in [0.15, 0.2) is 10.9 Å². The molecule has 0 radical (unpaired) electrons. The molecule has 0 aliphatic rings. The first-order valence-corrected chi connectivity index (χ1v) is 11.4. The zero-order valence-corrected chi connectivity index (χ0v) is 18.4. The van der Waals surface area contributed by atoms with E-state index in [1.165, 1.54) is 29.4 Å². The summed E-state index contributed by atoms with van der Waals surface area (Å²) in [5.41, 5.74) is 2.17. The summed E-state index contributed by atoms with van der Waals surface area (Å²) in [6.07, 6.45) is 1.44. The van der Waals surface area contributed by atoms with Crippen LogP contribution in [-0.4, -0.2) is 22.6 Å². The number of thiazole rings is 1. The number of anilines is 2. The maximum atomic E-state index is 12.3. The molecule has 0 spiro atoms. The second-order valence-electron chi connectivity index (χ2n) is 6.31. The van der Waals surface area contributed by atoms with Gasteiger partial charge in [-0.2, -0.15) is 0 Å². The van der Waals surface area contributed by atoms with Crippen LogP contribution in [0, 0.1) is 0 Å². The Morgan fingerprint density at radius 2 is 1.94 bits per heavy atom. The number of hydrogen-bond donors (Lipinski definition) is 2. The van der Waals surface area contributed by atoms with Gasteiger partial charge in [0.2, 0.25) is 5.91 Å². The highest BCUT2D eigenvalue weighted by molar-refractivity contribution is 8.00. The first kappa shape index (κ1) is 21.2. The van der Waals surface area contributed by atoms with E-state index in [-0.39, 0.29) is 23.3 Å². The van der Waals surface area contributed by atoms with Crippen LogP contribution < -0.4 is 10.6 Å². The Bertz CT molecular complexity index is 1210. The molecule has 2 N–H and O–H groups in total. The minimum absolute atomic E-state index is 0.171. The quantitative estimate of drug-likeness (QED) is 0.322. The van der Waals surface area contributed by atoms with E-state index in [9.17, 15) is 9.59 Å². The van der Waals surface area contributed by atoms with E-state index >= 15 is 0 Å². The molecule has 2 heterocycles. The van der Waals surface area contributed by atoms with Crippen LogP contribution in [0.4, 0.5) is 10.8 Å². The number of thioether (sulfide) groups is 1. The van der Waals surface area contributed by atoms with Crippen LogP contribution in [0.1, 0.15) is 10.6 Å². The van der Waals surface area contributed by atoms with Crippen molar-refractivity contribution in [2.75, 3.05) is 16.4 Å². The predicted octanol–water partition coefficient (Wildman–Crippen LogP) is 6.04. The molecule has 6 nitrogen and oxygen atoms in total. The molecule has 4 rings (SSSR count). The van der Waals surface area contributed by atoms with Crippen molar-refractivity contribution in [3.8, 4) is 11.3 Å². The number of amides is 2. The van der Waals surface area contributed by atoms with Gasteiger partial charge >= 0.3 is 0 Å². The third kappa shape index (κ3) is 5.55. The molecule has 0 fully saturated rings. The van der Waals surface area contributed by atoms with Crippen LogP contribution in [0.3, 0.4) is 0 Å². The highest BCUT2D eigenvalue weighted by Gasteiger charge is 2.12. The third-order valence-electron chi connectivity index (χ3n) is 4.11. The van der Waals surface area contributed by atoms with Gasteiger partial charge in [-0.25, -0.2) is 4.98 Å². The summed E-state index contributed by atoms with van der Waals surface area (Å²) >= 11 is 8.91. The lowest BCUT2D eigenvalue weighted by Gasteiger charge is -2.06. The fraction of sp³-hybridized carbons (Fsp3) is 0.0455. The molecule has 0 aliphatic carbocycles. The lowest BCUT2D eigenvalue weighted by Crippen LogP contribution is -2.14. The lowest BCUT2D eigenvalue weighted by molar-refractivity contribution is -0.113. The molecule has 0 aliphatic heterocycles. The molecule has 2 aromatic heterocycles. The molecule has 2 aromatic carbocycles. The summed E-state index contributed by atoms with van der Waals surface area (Å²) < 4.78 is 5.09. The Kier molecular flexibility index (Phi) is 6.71. The van der Waals surface area contributed by atoms with Crippen molar-refractivity contribution < 1.29 is 14.0 Å². The van der Waals surface area contributed by atoms with E-state index in [1.807, 2.05) is 35.7 Å². The van der Waals surface area contributed by atoms with Gasteiger partial charge in [0.25, 0.3) is 5.91 Å². The van der Waals surface area contributed by atoms with Crippen molar-refractivity contribution in [3.63, 3.8) is 0 Å². The fourth-order valence-electron chi connectivity index (χ4n) is 2.69. The van der Waals surface area contributed by atoms with Crippen molar-refractivity contribution >= 4 is 57.3 Å². The van der Waals surface area contributed by atoms with Gasteiger partial charge in [0.05, 0.1) is 17.7 Å². The molecule has 0 atom stereocenters. The Labute approximate surface area is 191 Å². The van der Waals surface area contributed by atoms with Crippen molar-refractivity contribution in [3.05, 3.63) is 83.1 Å². The molecule has 0 bridgehead atoms. The van der Waals surface area contributed by atoms with E-state index in [2.05, 4.69) is 15.6 Å². The van der Waals surface area contributed by atoms with Crippen LogP contribution in [0.15, 0.2) is 81.6 Å². The van der Waals surface area contributed by atoms with Gasteiger partial charge in [-0.1, -0.05) is 35.9 Å². The average molecular weight is 470 g/mol. The van der Waals surface area contributed by atoms with Crippen LogP contribution >= 0.6 is 34.7 Å². The number of nitrogens with zero attached hydrogens (tertiary/aromatic N) is 1. The van der Waals surface area contributed by atoms with Crippen LogP contribution in [-0.2, 0) is 4.79 Å². The van der Waals surface area contributed by atoms with Crippen LogP contribution in [0.2, 0.25) is 5.02 Å². The predicted molar refractivity (Wildman–Crippen MR) is 125 cm³/mol. The number of aromatic nitrogens is 1. The van der Waals surface area contributed by atoms with Crippen molar-refractivity contribution in [1.82, 2.24) is 4.98 Å². The summed E-state index contributed by atoms with van der Waals surface area (Å²) in [5, 5.41) is 8.56. The smallest absolute Gasteiger partial charge is 0.291 e. The Hall–Kier alpha value is -3.07. The normalized spacial score (nSPS) is 10.6. The minimum atomic E-state index is -0.331. The SMILES string of the molecule is O=C(CSc1cccc(NC(=O)c2ccco2)c1)Nc1nc(-c2ccccc2Cl)cs1. The molecule has 31 heavy (non-hydrogen) atoms. The molecule has 156 valence electrons. The maximum absolute atomic E-state index is 12.3. The van der Waals surface area contributed by atoms with E-state index in [0.29, 0.717) is 15.8 Å². The van der Waals surface area contributed by atoms with Gasteiger partial charge < -0.3 is 15.1 Å². The Morgan fingerprint density at radius 1 is 1.06 bits per heavy atom. The molecule has 0 saturated heterocycles. The average Bonchev–Trinajstić information content (AvgIpc) is 3.45. The number of rotatable bonds is 7. The summed E-state index contributed by atoms with van der Waals surface area (Å²) in [6.45, 7) is 0. The molecule has 9 heteroatoms. The molecular weight excluding hydrogens is 454 g/mol. The number of halogens is 1.